The molecule has 1 nitrogen and oxygen atoms in total. The minimum absolute atomic E-state index is 0.267. The van der Waals surface area contributed by atoms with Crippen molar-refractivity contribution in [3.63, 3.8) is 0 Å². The van der Waals surface area contributed by atoms with E-state index in [9.17, 15) is 0 Å². The Balaban J connectivity index is 2.26. The first-order valence-electron chi connectivity index (χ1n) is 5.52. The number of rotatable bonds is 2. The zero-order chi connectivity index (χ0) is 10.1. The lowest BCUT2D eigenvalue weighted by atomic mass is 9.76. The molecular weight excluding hydrogens is 170 g/mol. The predicted molar refractivity (Wildman–Crippen MR) is 60.2 cm³/mol. The third kappa shape index (κ3) is 1.57. The summed E-state index contributed by atoms with van der Waals surface area (Å²) < 4.78 is 0. The third-order valence-corrected chi connectivity index (χ3v) is 3.66. The van der Waals surface area contributed by atoms with Gasteiger partial charge < -0.3 is 5.73 Å². The molecule has 0 bridgehead atoms. The van der Waals surface area contributed by atoms with Gasteiger partial charge in [-0.05, 0) is 49.3 Å². The number of hydrogen-bond donors (Lipinski definition) is 1. The lowest BCUT2D eigenvalue weighted by Crippen LogP contribution is -2.27. The van der Waals surface area contributed by atoms with Gasteiger partial charge in [-0.15, -0.1) is 0 Å². The Morgan fingerprint density at radius 3 is 2.57 bits per heavy atom. The second kappa shape index (κ2) is 3.74. The maximum absolute atomic E-state index is 6.27. The highest BCUT2D eigenvalue weighted by Gasteiger charge is 2.26. The molecule has 1 aromatic rings. The summed E-state index contributed by atoms with van der Waals surface area (Å²) in [6.07, 6.45) is 3.99. The minimum atomic E-state index is 0.267. The molecule has 1 saturated carbocycles. The van der Waals surface area contributed by atoms with Crippen LogP contribution in [0.2, 0.25) is 0 Å². The Hall–Kier alpha value is -0.820. The van der Waals surface area contributed by atoms with Crippen molar-refractivity contribution < 1.29 is 0 Å². The van der Waals surface area contributed by atoms with E-state index in [-0.39, 0.29) is 6.04 Å². The third-order valence-electron chi connectivity index (χ3n) is 3.66. The van der Waals surface area contributed by atoms with E-state index in [0.717, 1.165) is 5.92 Å². The number of nitrogens with two attached hydrogens (primary N) is 1. The van der Waals surface area contributed by atoms with Crippen LogP contribution in [-0.2, 0) is 0 Å². The van der Waals surface area contributed by atoms with Gasteiger partial charge in [0.05, 0.1) is 0 Å². The van der Waals surface area contributed by atoms with Gasteiger partial charge in [-0.1, -0.05) is 24.6 Å². The highest BCUT2D eigenvalue weighted by molar-refractivity contribution is 5.35. The Morgan fingerprint density at radius 2 is 2.00 bits per heavy atom. The topological polar surface area (TPSA) is 26.0 Å². The van der Waals surface area contributed by atoms with Gasteiger partial charge in [0.2, 0.25) is 0 Å². The van der Waals surface area contributed by atoms with Crippen molar-refractivity contribution in [2.75, 3.05) is 0 Å². The standard InChI is InChI=1S/C13H19N/c1-9-5-3-8-12(10(9)2)13(14)11-6-4-7-11/h3,5,8,11,13H,4,6-7,14H2,1-2H3/t13-/m1/s1. The molecule has 1 aliphatic carbocycles. The SMILES string of the molecule is Cc1cccc([C@H](N)C2CCC2)c1C. The quantitative estimate of drug-likeness (QED) is 0.760. The fourth-order valence-corrected chi connectivity index (χ4v) is 2.19. The molecule has 0 amide bonds. The smallest absolute Gasteiger partial charge is 0.0326 e. The number of aryl methyl sites for hydroxylation is 1. The molecule has 1 heteroatoms. The summed E-state index contributed by atoms with van der Waals surface area (Å²) in [6, 6.07) is 6.73. The lowest BCUT2D eigenvalue weighted by Gasteiger charge is -2.32. The van der Waals surface area contributed by atoms with Crippen LogP contribution < -0.4 is 5.73 Å². The van der Waals surface area contributed by atoms with E-state index in [2.05, 4.69) is 32.0 Å². The Bertz CT molecular complexity index is 326. The normalized spacial score (nSPS) is 19.1. The van der Waals surface area contributed by atoms with Gasteiger partial charge in [0.25, 0.3) is 0 Å². The number of benzene rings is 1. The van der Waals surface area contributed by atoms with Gasteiger partial charge >= 0.3 is 0 Å². The van der Waals surface area contributed by atoms with Crippen LogP contribution in [0.25, 0.3) is 0 Å². The van der Waals surface area contributed by atoms with Crippen molar-refractivity contribution in [1.29, 1.82) is 0 Å². The van der Waals surface area contributed by atoms with Crippen LogP contribution in [0.1, 0.15) is 42.0 Å². The first-order chi connectivity index (χ1) is 6.70. The molecule has 14 heavy (non-hydrogen) atoms. The summed E-state index contributed by atoms with van der Waals surface area (Å²) >= 11 is 0. The lowest BCUT2D eigenvalue weighted by molar-refractivity contribution is 0.264. The van der Waals surface area contributed by atoms with E-state index >= 15 is 0 Å². The Kier molecular flexibility index (Phi) is 2.60. The van der Waals surface area contributed by atoms with Crippen molar-refractivity contribution in [3.8, 4) is 0 Å². The summed E-state index contributed by atoms with van der Waals surface area (Å²) in [4.78, 5) is 0. The Labute approximate surface area is 86.3 Å². The van der Waals surface area contributed by atoms with Crippen molar-refractivity contribution in [3.05, 3.63) is 34.9 Å². The molecule has 1 aromatic carbocycles. The minimum Gasteiger partial charge on any atom is -0.324 e. The highest BCUT2D eigenvalue weighted by Crippen LogP contribution is 2.37. The van der Waals surface area contributed by atoms with Crippen molar-refractivity contribution >= 4 is 0 Å². The van der Waals surface area contributed by atoms with Crippen LogP contribution in [0.3, 0.4) is 0 Å². The van der Waals surface area contributed by atoms with E-state index in [1.165, 1.54) is 36.0 Å². The van der Waals surface area contributed by atoms with Crippen molar-refractivity contribution in [1.82, 2.24) is 0 Å². The van der Waals surface area contributed by atoms with Gasteiger partial charge in [-0.2, -0.15) is 0 Å². The molecule has 0 aromatic heterocycles. The molecule has 2 rings (SSSR count). The van der Waals surface area contributed by atoms with E-state index in [4.69, 9.17) is 5.73 Å². The van der Waals surface area contributed by atoms with Crippen LogP contribution in [0.4, 0.5) is 0 Å². The monoisotopic (exact) mass is 189 g/mol. The average molecular weight is 189 g/mol. The van der Waals surface area contributed by atoms with Crippen LogP contribution >= 0.6 is 0 Å². The first kappa shape index (κ1) is 9.72. The fourth-order valence-electron chi connectivity index (χ4n) is 2.19. The molecule has 2 N–H and O–H groups in total. The predicted octanol–water partition coefficient (Wildman–Crippen LogP) is 3.10. The first-order valence-corrected chi connectivity index (χ1v) is 5.52. The van der Waals surface area contributed by atoms with E-state index in [1.807, 2.05) is 0 Å². The van der Waals surface area contributed by atoms with E-state index < -0.39 is 0 Å². The van der Waals surface area contributed by atoms with E-state index in [0.29, 0.717) is 0 Å². The van der Waals surface area contributed by atoms with Gasteiger partial charge in [0.15, 0.2) is 0 Å². The summed E-state index contributed by atoms with van der Waals surface area (Å²) in [5.41, 5.74) is 10.4. The second-order valence-electron chi connectivity index (χ2n) is 4.51. The summed E-state index contributed by atoms with van der Waals surface area (Å²) in [6.45, 7) is 4.34. The zero-order valence-electron chi connectivity index (χ0n) is 9.09. The van der Waals surface area contributed by atoms with Gasteiger partial charge in [0, 0.05) is 6.04 Å². The summed E-state index contributed by atoms with van der Waals surface area (Å²) in [7, 11) is 0. The van der Waals surface area contributed by atoms with Crippen LogP contribution in [0, 0.1) is 19.8 Å². The molecule has 76 valence electrons. The molecule has 0 spiro atoms. The molecule has 0 unspecified atom stereocenters. The number of hydrogen-bond acceptors (Lipinski definition) is 1. The zero-order valence-corrected chi connectivity index (χ0v) is 9.09. The maximum Gasteiger partial charge on any atom is 0.0326 e. The molecular formula is C13H19N. The maximum atomic E-state index is 6.27. The van der Waals surface area contributed by atoms with Crippen molar-refractivity contribution in [2.45, 2.75) is 39.2 Å². The van der Waals surface area contributed by atoms with Gasteiger partial charge in [-0.3, -0.25) is 0 Å². The molecule has 1 aliphatic rings. The molecule has 0 saturated heterocycles. The largest absolute Gasteiger partial charge is 0.324 e. The van der Waals surface area contributed by atoms with Crippen LogP contribution in [0.15, 0.2) is 18.2 Å². The van der Waals surface area contributed by atoms with Crippen LogP contribution in [0.5, 0.6) is 0 Å². The molecule has 1 atom stereocenters. The van der Waals surface area contributed by atoms with Crippen molar-refractivity contribution in [2.24, 2.45) is 11.7 Å². The summed E-state index contributed by atoms with van der Waals surface area (Å²) in [5.74, 6) is 0.732. The van der Waals surface area contributed by atoms with Gasteiger partial charge in [-0.25, -0.2) is 0 Å². The van der Waals surface area contributed by atoms with Gasteiger partial charge in [0.1, 0.15) is 0 Å². The fraction of sp³-hybridized carbons (Fsp3) is 0.538. The average Bonchev–Trinajstić information content (AvgIpc) is 2.06. The Morgan fingerprint density at radius 1 is 1.29 bits per heavy atom. The van der Waals surface area contributed by atoms with Crippen LogP contribution in [-0.4, -0.2) is 0 Å². The second-order valence-corrected chi connectivity index (χ2v) is 4.51. The molecule has 1 fully saturated rings. The molecule has 0 radical (unpaired) electrons. The highest BCUT2D eigenvalue weighted by atomic mass is 14.7. The summed E-state index contributed by atoms with van der Waals surface area (Å²) in [5, 5.41) is 0. The van der Waals surface area contributed by atoms with E-state index in [1.54, 1.807) is 0 Å². The molecule has 0 aliphatic heterocycles. The molecule has 0 heterocycles.